The summed E-state index contributed by atoms with van der Waals surface area (Å²) in [6.45, 7) is 1.89. The largest absolute Gasteiger partial charge is 0.452 e. The quantitative estimate of drug-likeness (QED) is 0.784. The molecule has 0 heterocycles. The third-order valence-corrected chi connectivity index (χ3v) is 7.05. The first-order chi connectivity index (χ1) is 12.4. The van der Waals surface area contributed by atoms with E-state index in [1.54, 1.807) is 24.3 Å². The number of rotatable bonds is 5. The Morgan fingerprint density at radius 1 is 1.12 bits per heavy atom. The molecule has 0 aliphatic heterocycles. The average molecular weight is 376 g/mol. The van der Waals surface area contributed by atoms with Gasteiger partial charge in [0, 0.05) is 11.1 Å². The van der Waals surface area contributed by atoms with E-state index in [9.17, 15) is 9.59 Å². The van der Waals surface area contributed by atoms with Crippen molar-refractivity contribution in [1.82, 2.24) is 5.32 Å². The molecule has 0 aromatic heterocycles. The number of hydrogen-bond donors (Lipinski definition) is 1. The van der Waals surface area contributed by atoms with Gasteiger partial charge in [0.2, 0.25) is 0 Å². The molecule has 0 spiro atoms. The Bertz CT molecular complexity index is 664. The summed E-state index contributed by atoms with van der Waals surface area (Å²) in [5.41, 5.74) is 0.654. The van der Waals surface area contributed by atoms with E-state index >= 15 is 0 Å². The van der Waals surface area contributed by atoms with Crippen molar-refractivity contribution >= 4 is 23.5 Å². The molecule has 1 N–H and O–H groups in total. The predicted octanol–water partition coefficient (Wildman–Crippen LogP) is 4.22. The molecule has 1 aromatic carbocycles. The van der Waals surface area contributed by atoms with Crippen molar-refractivity contribution in [3.63, 3.8) is 0 Å². The molecule has 4 aliphatic carbocycles. The van der Waals surface area contributed by atoms with Gasteiger partial charge in [-0.15, -0.1) is 0 Å². The minimum Gasteiger partial charge on any atom is -0.452 e. The Morgan fingerprint density at radius 2 is 1.65 bits per heavy atom. The molecule has 4 nitrogen and oxygen atoms in total. The van der Waals surface area contributed by atoms with Crippen LogP contribution in [0.2, 0.25) is 5.02 Å². The molecule has 26 heavy (non-hydrogen) atoms. The highest BCUT2D eigenvalue weighted by Gasteiger charge is 2.53. The summed E-state index contributed by atoms with van der Waals surface area (Å²) in [6, 6.07) is 6.60. The van der Waals surface area contributed by atoms with E-state index < -0.39 is 5.97 Å². The second kappa shape index (κ2) is 6.88. The molecule has 1 aromatic rings. The van der Waals surface area contributed by atoms with Crippen LogP contribution in [0.15, 0.2) is 24.3 Å². The van der Waals surface area contributed by atoms with Gasteiger partial charge < -0.3 is 10.1 Å². The summed E-state index contributed by atoms with van der Waals surface area (Å²) >= 11 is 5.81. The maximum Gasteiger partial charge on any atom is 0.338 e. The Hall–Kier alpha value is -1.55. The summed E-state index contributed by atoms with van der Waals surface area (Å²) in [6.07, 6.45) is 7.89. The SMILES string of the molecule is C[C@@H](NC(=O)COC(=O)c1ccc(Cl)cc1)C12CC3CC(CC(C3)C1)C2. The van der Waals surface area contributed by atoms with Gasteiger partial charge in [-0.25, -0.2) is 4.79 Å². The Labute approximate surface area is 159 Å². The fourth-order valence-corrected chi connectivity index (χ4v) is 6.07. The van der Waals surface area contributed by atoms with Gasteiger partial charge in [-0.05, 0) is 92.9 Å². The van der Waals surface area contributed by atoms with Crippen molar-refractivity contribution in [3.8, 4) is 0 Å². The number of carbonyl (C=O) groups excluding carboxylic acids is 2. The lowest BCUT2D eigenvalue weighted by molar-refractivity contribution is -0.128. The monoisotopic (exact) mass is 375 g/mol. The van der Waals surface area contributed by atoms with E-state index in [4.69, 9.17) is 16.3 Å². The third kappa shape index (κ3) is 3.48. The van der Waals surface area contributed by atoms with Crippen LogP contribution in [0.4, 0.5) is 0 Å². The van der Waals surface area contributed by atoms with Crippen LogP contribution in [-0.4, -0.2) is 24.5 Å². The Balaban J connectivity index is 1.31. The molecular weight excluding hydrogens is 350 g/mol. The summed E-state index contributed by atoms with van der Waals surface area (Å²) in [4.78, 5) is 24.3. The van der Waals surface area contributed by atoms with Gasteiger partial charge >= 0.3 is 5.97 Å². The molecule has 0 unspecified atom stereocenters. The average Bonchev–Trinajstić information content (AvgIpc) is 2.59. The van der Waals surface area contributed by atoms with Crippen LogP contribution < -0.4 is 5.32 Å². The number of nitrogens with one attached hydrogen (secondary N) is 1. The minimum absolute atomic E-state index is 0.137. The molecule has 4 bridgehead atoms. The van der Waals surface area contributed by atoms with Gasteiger partial charge in [-0.3, -0.25) is 4.79 Å². The molecule has 4 aliphatic rings. The normalized spacial score (nSPS) is 32.9. The first-order valence-electron chi connectivity index (χ1n) is 9.65. The number of hydrogen-bond acceptors (Lipinski definition) is 3. The predicted molar refractivity (Wildman–Crippen MR) is 99.9 cm³/mol. The molecule has 5 rings (SSSR count). The summed E-state index contributed by atoms with van der Waals surface area (Å²) in [5.74, 6) is 1.84. The molecular formula is C21H26ClNO3. The van der Waals surface area contributed by atoms with Gasteiger partial charge in [-0.1, -0.05) is 11.6 Å². The van der Waals surface area contributed by atoms with Crippen molar-refractivity contribution in [2.24, 2.45) is 23.2 Å². The lowest BCUT2D eigenvalue weighted by Gasteiger charge is -2.59. The second-order valence-corrected chi connectivity index (χ2v) is 9.09. The third-order valence-electron chi connectivity index (χ3n) is 6.80. The van der Waals surface area contributed by atoms with E-state index in [-0.39, 0.29) is 24.0 Å². The van der Waals surface area contributed by atoms with Crippen LogP contribution in [0, 0.1) is 23.2 Å². The number of ether oxygens (including phenoxy) is 1. The molecule has 4 saturated carbocycles. The van der Waals surface area contributed by atoms with Crippen molar-refractivity contribution < 1.29 is 14.3 Å². The highest BCUT2D eigenvalue weighted by Crippen LogP contribution is 2.61. The molecule has 4 fully saturated rings. The first kappa shape index (κ1) is 17.8. The molecule has 1 amide bonds. The number of esters is 1. The van der Waals surface area contributed by atoms with Crippen molar-refractivity contribution in [2.75, 3.05) is 6.61 Å². The Kier molecular flexibility index (Phi) is 4.72. The first-order valence-corrected chi connectivity index (χ1v) is 10.0. The second-order valence-electron chi connectivity index (χ2n) is 8.65. The van der Waals surface area contributed by atoms with E-state index in [0.29, 0.717) is 10.6 Å². The van der Waals surface area contributed by atoms with Gasteiger partial charge in [0.05, 0.1) is 5.56 Å². The van der Waals surface area contributed by atoms with E-state index in [2.05, 4.69) is 12.2 Å². The lowest BCUT2D eigenvalue weighted by Crippen LogP contribution is -2.56. The van der Waals surface area contributed by atoms with Crippen molar-refractivity contribution in [1.29, 1.82) is 0 Å². The summed E-state index contributed by atoms with van der Waals surface area (Å²) < 4.78 is 5.16. The summed E-state index contributed by atoms with van der Waals surface area (Å²) in [5, 5.41) is 3.67. The van der Waals surface area contributed by atoms with Crippen LogP contribution >= 0.6 is 11.6 Å². The smallest absolute Gasteiger partial charge is 0.338 e. The maximum atomic E-state index is 12.3. The van der Waals surface area contributed by atoms with E-state index in [0.717, 1.165) is 17.8 Å². The highest BCUT2D eigenvalue weighted by atomic mass is 35.5. The van der Waals surface area contributed by atoms with E-state index in [1.165, 1.54) is 38.5 Å². The number of halogens is 1. The number of carbonyl (C=O) groups is 2. The molecule has 0 saturated heterocycles. The van der Waals surface area contributed by atoms with Gasteiger partial charge in [0.25, 0.3) is 5.91 Å². The minimum atomic E-state index is -0.501. The molecule has 5 heteroatoms. The fourth-order valence-electron chi connectivity index (χ4n) is 5.94. The molecule has 1 atom stereocenters. The zero-order chi connectivity index (χ0) is 18.3. The zero-order valence-corrected chi connectivity index (χ0v) is 15.9. The molecule has 140 valence electrons. The van der Waals surface area contributed by atoms with Crippen LogP contribution in [0.3, 0.4) is 0 Å². The molecule has 0 radical (unpaired) electrons. The van der Waals surface area contributed by atoms with Gasteiger partial charge in [0.1, 0.15) is 0 Å². The zero-order valence-electron chi connectivity index (χ0n) is 15.2. The van der Waals surface area contributed by atoms with Crippen molar-refractivity contribution in [3.05, 3.63) is 34.9 Å². The van der Waals surface area contributed by atoms with Crippen molar-refractivity contribution in [2.45, 2.75) is 51.5 Å². The van der Waals surface area contributed by atoms with Crippen LogP contribution in [0.25, 0.3) is 0 Å². The maximum absolute atomic E-state index is 12.3. The fraction of sp³-hybridized carbons (Fsp3) is 0.619. The van der Waals surface area contributed by atoms with E-state index in [1.807, 2.05) is 0 Å². The topological polar surface area (TPSA) is 55.4 Å². The van der Waals surface area contributed by atoms with Gasteiger partial charge in [-0.2, -0.15) is 0 Å². The number of amides is 1. The lowest BCUT2D eigenvalue weighted by atomic mass is 9.48. The highest BCUT2D eigenvalue weighted by molar-refractivity contribution is 6.30. The summed E-state index contributed by atoms with van der Waals surface area (Å²) in [7, 11) is 0. The van der Waals surface area contributed by atoms with Crippen LogP contribution in [-0.2, 0) is 9.53 Å². The number of benzene rings is 1. The Morgan fingerprint density at radius 3 is 2.19 bits per heavy atom. The van der Waals surface area contributed by atoms with Gasteiger partial charge in [0.15, 0.2) is 6.61 Å². The standard InChI is InChI=1S/C21H26ClNO3/c1-13(21-9-14-6-15(10-21)8-16(7-14)11-21)23-19(24)12-26-20(25)17-2-4-18(22)5-3-17/h2-5,13-16H,6-12H2,1H3,(H,23,24)/t13-,14?,15?,16?,21?/m1/s1. The van der Waals surface area contributed by atoms with Crippen LogP contribution in [0.5, 0.6) is 0 Å². The van der Waals surface area contributed by atoms with Crippen LogP contribution in [0.1, 0.15) is 55.8 Å².